The molecule has 184 valence electrons. The van der Waals surface area contributed by atoms with E-state index < -0.39 is 11.9 Å². The summed E-state index contributed by atoms with van der Waals surface area (Å²) in [6.45, 7) is 1.96. The number of benzene rings is 2. The van der Waals surface area contributed by atoms with Crippen LogP contribution in [0.3, 0.4) is 0 Å². The van der Waals surface area contributed by atoms with Gasteiger partial charge >= 0.3 is 0 Å². The van der Waals surface area contributed by atoms with Crippen molar-refractivity contribution < 1.29 is 4.39 Å². The van der Waals surface area contributed by atoms with Gasteiger partial charge in [-0.1, -0.05) is 25.1 Å². The summed E-state index contributed by atoms with van der Waals surface area (Å²) in [5.74, 6) is 0.470. The molecule has 5 N–H and O–H groups in total. The number of aromatic nitrogens is 4. The minimum absolute atomic E-state index is 0.00164. The third kappa shape index (κ3) is 4.15. The maximum atomic E-state index is 14.5. The maximum absolute atomic E-state index is 14.5. The number of nitrogens with one attached hydrogen (secondary N) is 3. The molecule has 9 nitrogen and oxygen atoms in total. The first kappa shape index (κ1) is 23.4. The molecule has 10 heteroatoms. The van der Waals surface area contributed by atoms with E-state index in [9.17, 15) is 9.18 Å². The molecule has 1 unspecified atom stereocenters. The van der Waals surface area contributed by atoms with E-state index >= 15 is 0 Å². The molecule has 0 spiro atoms. The highest BCUT2D eigenvalue weighted by atomic mass is 19.1. The van der Waals surface area contributed by atoms with Crippen molar-refractivity contribution in [3.8, 4) is 0 Å². The molecule has 1 fully saturated rings. The first-order chi connectivity index (χ1) is 17.4. The number of anilines is 3. The molecular formula is C26H27FN8O. The molecule has 2 aromatic heterocycles. The zero-order valence-corrected chi connectivity index (χ0v) is 20.0. The minimum atomic E-state index is -0.574. The predicted molar refractivity (Wildman–Crippen MR) is 139 cm³/mol. The van der Waals surface area contributed by atoms with Crippen LogP contribution in [0.2, 0.25) is 0 Å². The van der Waals surface area contributed by atoms with Gasteiger partial charge in [-0.2, -0.15) is 0 Å². The Balaban J connectivity index is 1.58. The molecule has 1 atom stereocenters. The van der Waals surface area contributed by atoms with Crippen LogP contribution in [0, 0.1) is 11.2 Å². The van der Waals surface area contributed by atoms with E-state index in [4.69, 9.17) is 16.1 Å². The highest BCUT2D eigenvalue weighted by Gasteiger charge is 2.32. The van der Waals surface area contributed by atoms with Crippen molar-refractivity contribution in [2.75, 3.05) is 23.4 Å². The Hall–Kier alpha value is -4.34. The Morgan fingerprint density at radius 2 is 1.97 bits per heavy atom. The molecule has 1 aliphatic rings. The van der Waals surface area contributed by atoms with Gasteiger partial charge in [0.1, 0.15) is 35.0 Å². The predicted octanol–water partition coefficient (Wildman–Crippen LogP) is 4.26. The largest absolute Gasteiger partial charge is 0.388 e. The van der Waals surface area contributed by atoms with Crippen LogP contribution in [0.15, 0.2) is 53.6 Å². The van der Waals surface area contributed by atoms with Gasteiger partial charge in [-0.25, -0.2) is 19.3 Å². The molecule has 0 aliphatic heterocycles. The molecule has 2 aromatic carbocycles. The Kier molecular flexibility index (Phi) is 6.09. The summed E-state index contributed by atoms with van der Waals surface area (Å²) in [5.41, 5.74) is 8.26. The summed E-state index contributed by atoms with van der Waals surface area (Å²) >= 11 is 0. The number of rotatable bonds is 8. The van der Waals surface area contributed by atoms with Gasteiger partial charge in [-0.15, -0.1) is 0 Å². The highest BCUT2D eigenvalue weighted by Crippen LogP contribution is 2.37. The van der Waals surface area contributed by atoms with Gasteiger partial charge in [0.15, 0.2) is 0 Å². The number of nitrogen functional groups attached to an aromatic ring is 1. The van der Waals surface area contributed by atoms with E-state index in [1.54, 1.807) is 16.7 Å². The van der Waals surface area contributed by atoms with E-state index in [1.807, 2.05) is 38.2 Å². The SMILES string of the molecule is CCC(Nc1ncnc(N)c1C(=N)c1ccc(NC)cc1)c1nc2cccc(F)c2c(=O)n1C1CC1. The molecular weight excluding hydrogens is 459 g/mol. The van der Waals surface area contributed by atoms with Gasteiger partial charge in [0.25, 0.3) is 5.56 Å². The zero-order valence-electron chi connectivity index (χ0n) is 20.0. The summed E-state index contributed by atoms with van der Waals surface area (Å²) in [6.07, 6.45) is 3.57. The van der Waals surface area contributed by atoms with Crippen molar-refractivity contribution in [2.24, 2.45) is 0 Å². The van der Waals surface area contributed by atoms with Crippen molar-refractivity contribution >= 4 is 33.9 Å². The molecule has 4 aromatic rings. The number of hydrogen-bond donors (Lipinski definition) is 4. The average molecular weight is 487 g/mol. The first-order valence-corrected chi connectivity index (χ1v) is 11.9. The molecule has 36 heavy (non-hydrogen) atoms. The van der Waals surface area contributed by atoms with Crippen LogP contribution in [-0.4, -0.2) is 32.3 Å². The molecule has 0 radical (unpaired) electrons. The number of fused-ring (bicyclic) bond motifs is 1. The lowest BCUT2D eigenvalue weighted by atomic mass is 10.0. The standard InChI is InChI=1S/C26H27FN8O/c1-3-18(25-34-19-6-4-5-17(27)20(19)26(36)35(25)16-11-12-16)33-24-21(23(29)31-13-32-24)22(28)14-7-9-15(30-2)10-8-14/h4-10,13,16,18,28,30H,3,11-12H2,1-2H3,(H3,29,31,32,33). The fraction of sp³-hybridized carbons (Fsp3) is 0.269. The molecule has 1 saturated carbocycles. The van der Waals surface area contributed by atoms with E-state index in [-0.39, 0.29) is 28.5 Å². The smallest absolute Gasteiger partial charge is 0.264 e. The van der Waals surface area contributed by atoms with Gasteiger partial charge in [0.2, 0.25) is 0 Å². The lowest BCUT2D eigenvalue weighted by Gasteiger charge is -2.23. The van der Waals surface area contributed by atoms with Crippen LogP contribution in [0.5, 0.6) is 0 Å². The fourth-order valence-electron chi connectivity index (χ4n) is 4.37. The third-order valence-electron chi connectivity index (χ3n) is 6.44. The van der Waals surface area contributed by atoms with Gasteiger partial charge in [0.05, 0.1) is 22.8 Å². The highest BCUT2D eigenvalue weighted by molar-refractivity contribution is 6.16. The van der Waals surface area contributed by atoms with Crippen LogP contribution in [0.1, 0.15) is 55.2 Å². The molecule has 0 saturated heterocycles. The van der Waals surface area contributed by atoms with E-state index in [0.717, 1.165) is 18.5 Å². The summed E-state index contributed by atoms with van der Waals surface area (Å²) in [7, 11) is 1.83. The topological polar surface area (TPSA) is 135 Å². The van der Waals surface area contributed by atoms with Crippen LogP contribution in [0.4, 0.5) is 21.7 Å². The Morgan fingerprint density at radius 1 is 1.22 bits per heavy atom. The van der Waals surface area contributed by atoms with Crippen molar-refractivity contribution in [2.45, 2.75) is 38.3 Å². The normalized spacial score (nSPS) is 14.0. The van der Waals surface area contributed by atoms with Crippen molar-refractivity contribution in [1.29, 1.82) is 5.41 Å². The average Bonchev–Trinajstić information content (AvgIpc) is 3.72. The number of nitrogens with zero attached hydrogens (tertiary/aromatic N) is 4. The molecule has 0 amide bonds. The van der Waals surface area contributed by atoms with Gasteiger partial charge < -0.3 is 16.4 Å². The Bertz CT molecular complexity index is 1510. The second-order valence-corrected chi connectivity index (χ2v) is 8.80. The summed E-state index contributed by atoms with van der Waals surface area (Å²) in [4.78, 5) is 26.6. The lowest BCUT2D eigenvalue weighted by molar-refractivity contribution is 0.573. The molecule has 2 heterocycles. The molecule has 0 bridgehead atoms. The lowest BCUT2D eigenvalue weighted by Crippen LogP contribution is -2.29. The number of nitrogens with two attached hydrogens (primary N) is 1. The van der Waals surface area contributed by atoms with Crippen LogP contribution < -0.4 is 21.9 Å². The molecule has 1 aliphatic carbocycles. The van der Waals surface area contributed by atoms with Gasteiger partial charge in [-0.05, 0) is 43.5 Å². The fourth-order valence-corrected chi connectivity index (χ4v) is 4.37. The number of halogens is 1. The minimum Gasteiger partial charge on any atom is -0.388 e. The number of hydrogen-bond acceptors (Lipinski definition) is 8. The van der Waals surface area contributed by atoms with Crippen LogP contribution in [0.25, 0.3) is 10.9 Å². The first-order valence-electron chi connectivity index (χ1n) is 11.9. The third-order valence-corrected chi connectivity index (χ3v) is 6.44. The van der Waals surface area contributed by atoms with Crippen molar-refractivity contribution in [3.63, 3.8) is 0 Å². The summed E-state index contributed by atoms with van der Waals surface area (Å²) in [6, 6.07) is 11.4. The molecule has 5 rings (SSSR count). The van der Waals surface area contributed by atoms with Crippen LogP contribution >= 0.6 is 0 Å². The monoisotopic (exact) mass is 486 g/mol. The quantitative estimate of drug-likeness (QED) is 0.273. The van der Waals surface area contributed by atoms with E-state index in [1.165, 1.54) is 12.4 Å². The zero-order chi connectivity index (χ0) is 25.4. The van der Waals surface area contributed by atoms with Crippen LogP contribution in [-0.2, 0) is 0 Å². The summed E-state index contributed by atoms with van der Waals surface area (Å²) < 4.78 is 16.1. The Morgan fingerprint density at radius 3 is 2.64 bits per heavy atom. The second-order valence-electron chi connectivity index (χ2n) is 8.80. The van der Waals surface area contributed by atoms with E-state index in [0.29, 0.717) is 34.7 Å². The van der Waals surface area contributed by atoms with Crippen molar-refractivity contribution in [3.05, 3.63) is 81.9 Å². The van der Waals surface area contributed by atoms with Gasteiger partial charge in [-0.3, -0.25) is 14.8 Å². The second kappa shape index (κ2) is 9.37. The van der Waals surface area contributed by atoms with E-state index in [2.05, 4.69) is 20.6 Å². The Labute approximate surface area is 207 Å². The maximum Gasteiger partial charge on any atom is 0.264 e. The van der Waals surface area contributed by atoms with Gasteiger partial charge in [0, 0.05) is 24.3 Å². The van der Waals surface area contributed by atoms with Crippen molar-refractivity contribution in [1.82, 2.24) is 19.5 Å². The summed E-state index contributed by atoms with van der Waals surface area (Å²) in [5, 5.41) is 15.3.